The van der Waals surface area contributed by atoms with Gasteiger partial charge in [-0.1, -0.05) is 29.5 Å². The molecule has 0 unspecified atom stereocenters. The van der Waals surface area contributed by atoms with Crippen LogP contribution in [0.4, 0.5) is 5.13 Å². The van der Waals surface area contributed by atoms with Gasteiger partial charge in [-0.15, -0.1) is 10.2 Å². The maximum atomic E-state index is 5.78. The molecule has 0 spiro atoms. The molecule has 0 atom stereocenters. The fourth-order valence-electron chi connectivity index (χ4n) is 2.82. The monoisotopic (exact) mass is 330 g/mol. The summed E-state index contributed by atoms with van der Waals surface area (Å²) < 4.78 is 5.78. The van der Waals surface area contributed by atoms with Crippen LogP contribution in [0.1, 0.15) is 23.8 Å². The molecule has 2 aromatic rings. The Bertz CT molecular complexity index is 621. The summed E-state index contributed by atoms with van der Waals surface area (Å²) in [5.41, 5.74) is 0. The zero-order valence-corrected chi connectivity index (χ0v) is 14.0. The van der Waals surface area contributed by atoms with Crippen LogP contribution in [-0.2, 0) is 0 Å². The number of para-hydroxylation sites is 1. The minimum Gasteiger partial charge on any atom is -0.492 e. The van der Waals surface area contributed by atoms with Gasteiger partial charge in [0.15, 0.2) is 0 Å². The molecule has 1 aliphatic carbocycles. The van der Waals surface area contributed by atoms with Crippen LogP contribution >= 0.6 is 11.3 Å². The molecule has 23 heavy (non-hydrogen) atoms. The van der Waals surface area contributed by atoms with E-state index in [1.807, 2.05) is 30.3 Å². The van der Waals surface area contributed by atoms with Crippen LogP contribution < -0.4 is 9.64 Å². The first-order chi connectivity index (χ1) is 11.4. The standard InChI is InChI=1S/C17H22N4OS/c1-2-4-15(5-3-1)22-13-12-20-8-10-21(11-9-20)17-19-18-16(23-17)14-6-7-14/h1-5,14H,6-13H2. The van der Waals surface area contributed by atoms with Crippen LogP contribution in [-0.4, -0.2) is 54.4 Å². The lowest BCUT2D eigenvalue weighted by Crippen LogP contribution is -2.47. The molecule has 2 fully saturated rings. The van der Waals surface area contributed by atoms with Gasteiger partial charge in [0.2, 0.25) is 5.13 Å². The molecular formula is C17H22N4OS. The van der Waals surface area contributed by atoms with E-state index in [-0.39, 0.29) is 0 Å². The number of nitrogens with zero attached hydrogens (tertiary/aromatic N) is 4. The summed E-state index contributed by atoms with van der Waals surface area (Å²) in [6, 6.07) is 10.0. The van der Waals surface area contributed by atoms with Gasteiger partial charge >= 0.3 is 0 Å². The molecule has 1 aliphatic heterocycles. The zero-order chi connectivity index (χ0) is 15.5. The minimum absolute atomic E-state index is 0.706. The van der Waals surface area contributed by atoms with Crippen molar-refractivity contribution in [3.63, 3.8) is 0 Å². The fraction of sp³-hybridized carbons (Fsp3) is 0.529. The lowest BCUT2D eigenvalue weighted by molar-refractivity contribution is 0.200. The molecule has 6 heteroatoms. The average molecular weight is 330 g/mol. The molecular weight excluding hydrogens is 308 g/mol. The van der Waals surface area contributed by atoms with Gasteiger partial charge in [0.05, 0.1) is 0 Å². The highest BCUT2D eigenvalue weighted by molar-refractivity contribution is 7.15. The number of rotatable bonds is 6. The van der Waals surface area contributed by atoms with Crippen LogP contribution in [0.3, 0.4) is 0 Å². The number of aromatic nitrogens is 2. The maximum absolute atomic E-state index is 5.78. The van der Waals surface area contributed by atoms with Crippen LogP contribution in [0.2, 0.25) is 0 Å². The summed E-state index contributed by atoms with van der Waals surface area (Å²) in [6.07, 6.45) is 2.59. The van der Waals surface area contributed by atoms with Crippen LogP contribution in [0.15, 0.2) is 30.3 Å². The Morgan fingerprint density at radius 3 is 2.57 bits per heavy atom. The SMILES string of the molecule is c1ccc(OCCN2CCN(c3nnc(C4CC4)s3)CC2)cc1. The summed E-state index contributed by atoms with van der Waals surface area (Å²) in [7, 11) is 0. The van der Waals surface area contributed by atoms with Crippen molar-refractivity contribution in [2.75, 3.05) is 44.2 Å². The number of anilines is 1. The number of benzene rings is 1. The van der Waals surface area contributed by atoms with Crippen molar-refractivity contribution >= 4 is 16.5 Å². The number of piperazine rings is 1. The molecule has 1 saturated carbocycles. The first-order valence-corrected chi connectivity index (χ1v) is 9.19. The Morgan fingerprint density at radius 2 is 1.83 bits per heavy atom. The van der Waals surface area contributed by atoms with Crippen molar-refractivity contribution in [3.05, 3.63) is 35.3 Å². The van der Waals surface area contributed by atoms with Crippen molar-refractivity contribution in [1.82, 2.24) is 15.1 Å². The Morgan fingerprint density at radius 1 is 1.04 bits per heavy atom. The molecule has 0 bridgehead atoms. The zero-order valence-electron chi connectivity index (χ0n) is 13.2. The lowest BCUT2D eigenvalue weighted by atomic mass is 10.3. The molecule has 4 rings (SSSR count). The molecule has 0 N–H and O–H groups in total. The lowest BCUT2D eigenvalue weighted by Gasteiger charge is -2.34. The number of hydrogen-bond acceptors (Lipinski definition) is 6. The van der Waals surface area contributed by atoms with Gasteiger partial charge in [0, 0.05) is 38.6 Å². The third-order valence-corrected chi connectivity index (χ3v) is 5.57. The van der Waals surface area contributed by atoms with Gasteiger partial charge in [0.25, 0.3) is 0 Å². The van der Waals surface area contributed by atoms with Gasteiger partial charge in [-0.25, -0.2) is 0 Å². The normalized spacial score (nSPS) is 19.0. The third kappa shape index (κ3) is 3.82. The highest BCUT2D eigenvalue weighted by atomic mass is 32.1. The molecule has 1 aromatic carbocycles. The van der Waals surface area contributed by atoms with Crippen LogP contribution in [0, 0.1) is 0 Å². The minimum atomic E-state index is 0.706. The van der Waals surface area contributed by atoms with E-state index in [2.05, 4.69) is 20.0 Å². The summed E-state index contributed by atoms with van der Waals surface area (Å²) >= 11 is 1.79. The second-order valence-corrected chi connectivity index (χ2v) is 7.17. The van der Waals surface area contributed by atoms with E-state index in [0.29, 0.717) is 5.92 Å². The first-order valence-electron chi connectivity index (χ1n) is 8.37. The topological polar surface area (TPSA) is 41.5 Å². The quantitative estimate of drug-likeness (QED) is 0.814. The molecule has 2 heterocycles. The van der Waals surface area contributed by atoms with Gasteiger partial charge in [-0.3, -0.25) is 4.90 Å². The second-order valence-electron chi connectivity index (χ2n) is 6.19. The number of hydrogen-bond donors (Lipinski definition) is 0. The third-order valence-electron chi connectivity index (χ3n) is 4.42. The molecule has 2 aliphatic rings. The Balaban J connectivity index is 1.21. The molecule has 5 nitrogen and oxygen atoms in total. The summed E-state index contributed by atoms with van der Waals surface area (Å²) in [5.74, 6) is 1.66. The van der Waals surface area contributed by atoms with E-state index >= 15 is 0 Å². The van der Waals surface area contributed by atoms with Crippen molar-refractivity contribution < 1.29 is 4.74 Å². The van der Waals surface area contributed by atoms with Crippen LogP contribution in [0.5, 0.6) is 5.75 Å². The number of ether oxygens (including phenoxy) is 1. The molecule has 1 aromatic heterocycles. The Labute approximate surface area is 140 Å². The van der Waals surface area contributed by atoms with Gasteiger partial charge in [0.1, 0.15) is 17.4 Å². The largest absolute Gasteiger partial charge is 0.492 e. The van der Waals surface area contributed by atoms with Crippen LogP contribution in [0.25, 0.3) is 0 Å². The fourth-order valence-corrected chi connectivity index (χ4v) is 3.89. The van der Waals surface area contributed by atoms with Gasteiger partial charge in [-0.05, 0) is 25.0 Å². The molecule has 122 valence electrons. The summed E-state index contributed by atoms with van der Waals surface area (Å²) in [5, 5.41) is 11.1. The maximum Gasteiger partial charge on any atom is 0.208 e. The molecule has 0 radical (unpaired) electrons. The van der Waals surface area contributed by atoms with Gasteiger partial charge in [-0.2, -0.15) is 0 Å². The van der Waals surface area contributed by atoms with Gasteiger partial charge < -0.3 is 9.64 Å². The van der Waals surface area contributed by atoms with E-state index in [9.17, 15) is 0 Å². The van der Waals surface area contributed by atoms with E-state index in [1.54, 1.807) is 11.3 Å². The first kappa shape index (κ1) is 14.9. The van der Waals surface area contributed by atoms with Crippen molar-refractivity contribution in [3.8, 4) is 5.75 Å². The highest BCUT2D eigenvalue weighted by Crippen LogP contribution is 2.42. The predicted molar refractivity (Wildman–Crippen MR) is 92.5 cm³/mol. The Kier molecular flexibility index (Phi) is 4.43. The summed E-state index contributed by atoms with van der Waals surface area (Å²) in [4.78, 5) is 4.83. The molecule has 0 amide bonds. The molecule has 1 saturated heterocycles. The van der Waals surface area contributed by atoms with E-state index in [1.165, 1.54) is 17.8 Å². The smallest absolute Gasteiger partial charge is 0.208 e. The summed E-state index contributed by atoms with van der Waals surface area (Å²) in [6.45, 7) is 5.92. The predicted octanol–water partition coefficient (Wildman–Crippen LogP) is 2.62. The van der Waals surface area contributed by atoms with E-state index in [4.69, 9.17) is 4.74 Å². The van der Waals surface area contributed by atoms with E-state index < -0.39 is 0 Å². The Hall–Kier alpha value is -1.66. The van der Waals surface area contributed by atoms with E-state index in [0.717, 1.165) is 50.2 Å². The van der Waals surface area contributed by atoms with Crippen molar-refractivity contribution in [2.45, 2.75) is 18.8 Å². The van der Waals surface area contributed by atoms with Crippen molar-refractivity contribution in [2.24, 2.45) is 0 Å². The average Bonchev–Trinajstić information content (AvgIpc) is 3.34. The second kappa shape index (κ2) is 6.84. The highest BCUT2D eigenvalue weighted by Gasteiger charge is 2.29. The van der Waals surface area contributed by atoms with Crippen molar-refractivity contribution in [1.29, 1.82) is 0 Å².